The van der Waals surface area contributed by atoms with Gasteiger partial charge in [-0.15, -0.1) is 0 Å². The van der Waals surface area contributed by atoms with Crippen molar-refractivity contribution in [3.8, 4) is 5.95 Å². The van der Waals surface area contributed by atoms with E-state index in [1.54, 1.807) is 38.5 Å². The first-order valence-electron chi connectivity index (χ1n) is 5.23. The van der Waals surface area contributed by atoms with Gasteiger partial charge in [-0.2, -0.15) is 5.10 Å². The van der Waals surface area contributed by atoms with Crippen molar-refractivity contribution in [1.82, 2.24) is 19.7 Å². The monoisotopic (exact) mass is 232 g/mol. The van der Waals surface area contributed by atoms with Crippen molar-refractivity contribution < 1.29 is 9.53 Å². The minimum Gasteiger partial charge on any atom is -0.462 e. The highest BCUT2D eigenvalue weighted by Gasteiger charge is 2.15. The molecule has 0 spiro atoms. The van der Waals surface area contributed by atoms with Crippen LogP contribution in [0.25, 0.3) is 5.95 Å². The normalized spacial score (nSPS) is 10.2. The van der Waals surface area contributed by atoms with Gasteiger partial charge in [0.2, 0.25) is 5.95 Å². The van der Waals surface area contributed by atoms with Gasteiger partial charge in [-0.1, -0.05) is 0 Å². The first-order valence-corrected chi connectivity index (χ1v) is 5.23. The topological polar surface area (TPSA) is 69.9 Å². The number of nitrogens with zero attached hydrogens (tertiary/aromatic N) is 4. The highest BCUT2D eigenvalue weighted by atomic mass is 16.5. The van der Waals surface area contributed by atoms with Crippen LogP contribution in [0.2, 0.25) is 0 Å². The number of carbonyl (C=O) groups excluding carboxylic acids is 1. The first kappa shape index (κ1) is 11.3. The van der Waals surface area contributed by atoms with Gasteiger partial charge in [-0.3, -0.25) is 0 Å². The molecule has 0 bridgehead atoms. The Bertz CT molecular complexity index is 522. The van der Waals surface area contributed by atoms with Gasteiger partial charge < -0.3 is 4.74 Å². The third-order valence-electron chi connectivity index (χ3n) is 2.15. The minimum atomic E-state index is -0.382. The highest BCUT2D eigenvalue weighted by Crippen LogP contribution is 2.09. The predicted octanol–water partition coefficient (Wildman–Crippen LogP) is 1.15. The molecular formula is C11H12N4O2. The predicted molar refractivity (Wildman–Crippen MR) is 59.8 cm³/mol. The molecule has 2 aromatic heterocycles. The lowest BCUT2D eigenvalue weighted by atomic mass is 10.3. The van der Waals surface area contributed by atoms with Gasteiger partial charge in [0.25, 0.3) is 0 Å². The Morgan fingerprint density at radius 2 is 2.12 bits per heavy atom. The SMILES string of the molecule is CCOC(=O)c1cn(-c2ncccn2)nc1C. The summed E-state index contributed by atoms with van der Waals surface area (Å²) in [6.45, 7) is 3.84. The second-order valence-corrected chi connectivity index (χ2v) is 3.34. The van der Waals surface area contributed by atoms with Crippen LogP contribution in [0.1, 0.15) is 23.0 Å². The lowest BCUT2D eigenvalue weighted by molar-refractivity contribution is 0.0525. The number of aryl methyl sites for hydroxylation is 1. The van der Waals surface area contributed by atoms with Gasteiger partial charge >= 0.3 is 5.97 Å². The molecule has 0 aromatic carbocycles. The summed E-state index contributed by atoms with van der Waals surface area (Å²) in [6, 6.07) is 1.71. The second-order valence-electron chi connectivity index (χ2n) is 3.34. The van der Waals surface area contributed by atoms with Crippen molar-refractivity contribution in [2.45, 2.75) is 13.8 Å². The highest BCUT2D eigenvalue weighted by molar-refractivity contribution is 5.90. The van der Waals surface area contributed by atoms with Crippen LogP contribution >= 0.6 is 0 Å². The Labute approximate surface area is 98.3 Å². The van der Waals surface area contributed by atoms with Gasteiger partial charge in [0.1, 0.15) is 5.56 Å². The maximum Gasteiger partial charge on any atom is 0.341 e. The van der Waals surface area contributed by atoms with E-state index in [9.17, 15) is 4.79 Å². The molecule has 2 aromatic rings. The van der Waals surface area contributed by atoms with E-state index in [4.69, 9.17) is 4.74 Å². The van der Waals surface area contributed by atoms with E-state index in [-0.39, 0.29) is 5.97 Å². The molecule has 88 valence electrons. The van der Waals surface area contributed by atoms with Gasteiger partial charge in [-0.25, -0.2) is 19.4 Å². The van der Waals surface area contributed by atoms with Crippen molar-refractivity contribution in [3.63, 3.8) is 0 Å². The third-order valence-corrected chi connectivity index (χ3v) is 2.15. The summed E-state index contributed by atoms with van der Waals surface area (Å²) >= 11 is 0. The summed E-state index contributed by atoms with van der Waals surface area (Å²) in [5.41, 5.74) is 1.02. The average Bonchev–Trinajstić information content (AvgIpc) is 2.73. The maximum atomic E-state index is 11.6. The molecule has 0 aliphatic rings. The van der Waals surface area contributed by atoms with Gasteiger partial charge in [0.05, 0.1) is 12.3 Å². The first-order chi connectivity index (χ1) is 8.22. The Morgan fingerprint density at radius 1 is 1.41 bits per heavy atom. The third kappa shape index (κ3) is 2.30. The molecule has 0 fully saturated rings. The zero-order valence-electron chi connectivity index (χ0n) is 9.62. The summed E-state index contributed by atoms with van der Waals surface area (Å²) < 4.78 is 6.38. The van der Waals surface area contributed by atoms with Crippen molar-refractivity contribution in [1.29, 1.82) is 0 Å². The van der Waals surface area contributed by atoms with E-state index in [0.29, 0.717) is 23.8 Å². The van der Waals surface area contributed by atoms with Crippen LogP contribution in [0, 0.1) is 6.92 Å². The van der Waals surface area contributed by atoms with Crippen LogP contribution in [-0.2, 0) is 4.74 Å². The van der Waals surface area contributed by atoms with E-state index < -0.39 is 0 Å². The van der Waals surface area contributed by atoms with E-state index in [2.05, 4.69) is 15.1 Å². The van der Waals surface area contributed by atoms with Gasteiger partial charge in [0.15, 0.2) is 0 Å². The number of carbonyl (C=O) groups is 1. The Hall–Kier alpha value is -2.24. The average molecular weight is 232 g/mol. The number of esters is 1. The number of rotatable bonds is 3. The van der Waals surface area contributed by atoms with Crippen LogP contribution in [-0.4, -0.2) is 32.3 Å². The molecule has 0 radical (unpaired) electrons. The van der Waals surface area contributed by atoms with Crippen molar-refractivity contribution in [2.24, 2.45) is 0 Å². The Balaban J connectivity index is 2.34. The second kappa shape index (κ2) is 4.73. The molecular weight excluding hydrogens is 220 g/mol. The maximum absolute atomic E-state index is 11.6. The molecule has 0 atom stereocenters. The summed E-state index contributed by atoms with van der Waals surface area (Å²) in [5.74, 6) is 0.0401. The van der Waals surface area contributed by atoms with Gasteiger partial charge in [0, 0.05) is 18.6 Å². The quantitative estimate of drug-likeness (QED) is 0.742. The molecule has 0 aliphatic carbocycles. The molecule has 0 unspecified atom stereocenters. The van der Waals surface area contributed by atoms with E-state index in [1.165, 1.54) is 4.68 Å². The van der Waals surface area contributed by atoms with Crippen molar-refractivity contribution >= 4 is 5.97 Å². The Morgan fingerprint density at radius 3 is 2.76 bits per heavy atom. The Kier molecular flexibility index (Phi) is 3.13. The molecule has 2 heterocycles. The standard InChI is InChI=1S/C11H12N4O2/c1-3-17-10(16)9-7-15(14-8(9)2)11-12-5-4-6-13-11/h4-7H,3H2,1-2H3. The zero-order chi connectivity index (χ0) is 12.3. The smallest absolute Gasteiger partial charge is 0.341 e. The van der Waals surface area contributed by atoms with E-state index in [0.717, 1.165) is 0 Å². The number of aromatic nitrogens is 4. The molecule has 0 aliphatic heterocycles. The number of hydrogen-bond acceptors (Lipinski definition) is 5. The van der Waals surface area contributed by atoms with Crippen LogP contribution in [0.4, 0.5) is 0 Å². The fourth-order valence-electron chi connectivity index (χ4n) is 1.38. The van der Waals surface area contributed by atoms with Crippen molar-refractivity contribution in [2.75, 3.05) is 6.61 Å². The molecule has 0 amide bonds. The van der Waals surface area contributed by atoms with E-state index in [1.807, 2.05) is 0 Å². The minimum absolute atomic E-state index is 0.339. The van der Waals surface area contributed by atoms with Crippen LogP contribution < -0.4 is 0 Å². The van der Waals surface area contributed by atoms with Crippen LogP contribution in [0.3, 0.4) is 0 Å². The molecule has 0 saturated heterocycles. The summed E-state index contributed by atoms with van der Waals surface area (Å²) in [5, 5.41) is 4.18. The van der Waals surface area contributed by atoms with E-state index >= 15 is 0 Å². The lowest BCUT2D eigenvalue weighted by Crippen LogP contribution is -2.05. The molecule has 17 heavy (non-hydrogen) atoms. The number of ether oxygens (including phenoxy) is 1. The molecule has 6 heteroatoms. The summed E-state index contributed by atoms with van der Waals surface area (Å²) in [7, 11) is 0. The van der Waals surface area contributed by atoms with Crippen LogP contribution in [0.5, 0.6) is 0 Å². The largest absolute Gasteiger partial charge is 0.462 e. The fraction of sp³-hybridized carbons (Fsp3) is 0.273. The number of hydrogen-bond donors (Lipinski definition) is 0. The van der Waals surface area contributed by atoms with Crippen molar-refractivity contribution in [3.05, 3.63) is 35.9 Å². The molecule has 0 saturated carbocycles. The molecule has 6 nitrogen and oxygen atoms in total. The molecule has 0 N–H and O–H groups in total. The molecule has 2 rings (SSSR count). The summed E-state index contributed by atoms with van der Waals surface area (Å²) in [6.07, 6.45) is 4.80. The zero-order valence-corrected chi connectivity index (χ0v) is 9.62. The fourth-order valence-corrected chi connectivity index (χ4v) is 1.38. The lowest BCUT2D eigenvalue weighted by Gasteiger charge is -1.98. The van der Waals surface area contributed by atoms with Gasteiger partial charge in [-0.05, 0) is 19.9 Å². The summed E-state index contributed by atoms with van der Waals surface area (Å²) in [4.78, 5) is 19.7. The van der Waals surface area contributed by atoms with Crippen LogP contribution in [0.15, 0.2) is 24.7 Å².